The molecule has 28 heavy (non-hydrogen) atoms. The number of carbonyl (C=O) groups excluding carboxylic acids is 1. The number of benzene rings is 1. The largest absolute Gasteiger partial charge is 0.508 e. The fraction of sp³-hybridized carbons (Fsp3) is 0.667. The van der Waals surface area contributed by atoms with E-state index in [9.17, 15) is 9.90 Å². The molecule has 1 aliphatic carbocycles. The summed E-state index contributed by atoms with van der Waals surface area (Å²) in [6, 6.07) is 7.43. The minimum atomic E-state index is 0.0771. The van der Waals surface area contributed by atoms with E-state index in [2.05, 4.69) is 15.1 Å². The Morgan fingerprint density at radius 2 is 1.79 bits per heavy atom. The van der Waals surface area contributed by atoms with Crippen molar-refractivity contribution in [3.05, 3.63) is 24.3 Å². The van der Waals surface area contributed by atoms with Crippen LogP contribution in [0.2, 0.25) is 0 Å². The third-order valence-electron chi connectivity index (χ3n) is 6.55. The van der Waals surface area contributed by atoms with Crippen LogP contribution in [0.5, 0.6) is 5.75 Å². The average molecular weight is 405 g/mol. The molecule has 1 aromatic carbocycles. The average Bonchev–Trinajstić information content (AvgIpc) is 3.23. The Morgan fingerprint density at radius 1 is 1.07 bits per heavy atom. The van der Waals surface area contributed by atoms with E-state index < -0.39 is 0 Å². The van der Waals surface area contributed by atoms with E-state index in [0.29, 0.717) is 0 Å². The molecule has 0 radical (unpaired) electrons. The van der Waals surface area contributed by atoms with Crippen LogP contribution in [-0.4, -0.2) is 83.8 Å². The van der Waals surface area contributed by atoms with Gasteiger partial charge in [0, 0.05) is 74.6 Å². The van der Waals surface area contributed by atoms with Crippen LogP contribution >= 0.6 is 11.8 Å². The Morgan fingerprint density at radius 3 is 2.46 bits per heavy atom. The molecule has 7 heteroatoms. The van der Waals surface area contributed by atoms with Crippen LogP contribution in [0.15, 0.2) is 24.3 Å². The zero-order valence-electron chi connectivity index (χ0n) is 16.6. The van der Waals surface area contributed by atoms with Crippen LogP contribution in [-0.2, 0) is 0 Å². The standard InChI is InChI=1S/C21H32N4O2S/c26-19-5-3-4-18(16-19)23-8-10-24(11-9-23)20(27)22-17-21(6-1-2-7-21)25-12-14-28-15-13-25/h3-5,16,26H,1-2,6-15,17H2,(H,22,27). The molecule has 0 bridgehead atoms. The van der Waals surface area contributed by atoms with Crippen molar-refractivity contribution in [2.75, 3.05) is 62.2 Å². The van der Waals surface area contributed by atoms with E-state index in [-0.39, 0.29) is 17.3 Å². The van der Waals surface area contributed by atoms with E-state index in [1.54, 1.807) is 12.1 Å². The van der Waals surface area contributed by atoms with Crippen LogP contribution in [0.3, 0.4) is 0 Å². The fourth-order valence-electron chi connectivity index (χ4n) is 4.89. The van der Waals surface area contributed by atoms with E-state index in [1.807, 2.05) is 28.8 Å². The van der Waals surface area contributed by atoms with Crippen molar-refractivity contribution in [3.63, 3.8) is 0 Å². The van der Waals surface area contributed by atoms with Crippen molar-refractivity contribution in [1.29, 1.82) is 0 Å². The van der Waals surface area contributed by atoms with Crippen molar-refractivity contribution in [1.82, 2.24) is 15.1 Å². The van der Waals surface area contributed by atoms with Crippen molar-refractivity contribution in [2.24, 2.45) is 0 Å². The van der Waals surface area contributed by atoms with Gasteiger partial charge in [-0.25, -0.2) is 4.79 Å². The first kappa shape index (κ1) is 19.7. The van der Waals surface area contributed by atoms with Gasteiger partial charge >= 0.3 is 6.03 Å². The van der Waals surface area contributed by atoms with Gasteiger partial charge in [0.1, 0.15) is 5.75 Å². The lowest BCUT2D eigenvalue weighted by molar-refractivity contribution is 0.101. The summed E-state index contributed by atoms with van der Waals surface area (Å²) in [7, 11) is 0. The lowest BCUT2D eigenvalue weighted by Crippen LogP contribution is -2.59. The maximum absolute atomic E-state index is 12.8. The van der Waals surface area contributed by atoms with Gasteiger partial charge in [-0.15, -0.1) is 0 Å². The van der Waals surface area contributed by atoms with Gasteiger partial charge in [-0.3, -0.25) is 4.90 Å². The Hall–Kier alpha value is -1.60. The van der Waals surface area contributed by atoms with Gasteiger partial charge in [-0.2, -0.15) is 11.8 Å². The van der Waals surface area contributed by atoms with Crippen LogP contribution in [0.25, 0.3) is 0 Å². The number of nitrogens with zero attached hydrogens (tertiary/aromatic N) is 3. The number of thioether (sulfide) groups is 1. The minimum Gasteiger partial charge on any atom is -0.508 e. The molecular formula is C21H32N4O2S. The zero-order chi connectivity index (χ0) is 19.4. The number of amides is 2. The molecule has 2 N–H and O–H groups in total. The minimum absolute atomic E-state index is 0.0771. The first-order chi connectivity index (χ1) is 13.7. The van der Waals surface area contributed by atoms with Gasteiger partial charge in [0.25, 0.3) is 0 Å². The van der Waals surface area contributed by atoms with Gasteiger partial charge in [0.2, 0.25) is 0 Å². The number of phenolic OH excluding ortho intramolecular Hbond substituents is 1. The van der Waals surface area contributed by atoms with Crippen LogP contribution in [0, 0.1) is 0 Å². The van der Waals surface area contributed by atoms with Crippen LogP contribution in [0.1, 0.15) is 25.7 Å². The van der Waals surface area contributed by atoms with Crippen molar-refractivity contribution in [2.45, 2.75) is 31.2 Å². The summed E-state index contributed by atoms with van der Waals surface area (Å²) in [5.41, 5.74) is 1.20. The number of piperazine rings is 1. The molecular weight excluding hydrogens is 372 g/mol. The molecule has 1 aromatic rings. The molecule has 2 amide bonds. The summed E-state index contributed by atoms with van der Waals surface area (Å²) in [5.74, 6) is 2.72. The second-order valence-corrected chi connectivity index (χ2v) is 9.41. The van der Waals surface area contributed by atoms with E-state index >= 15 is 0 Å². The summed E-state index contributed by atoms with van der Waals surface area (Å²) >= 11 is 2.04. The maximum Gasteiger partial charge on any atom is 0.317 e. The third-order valence-corrected chi connectivity index (χ3v) is 7.49. The molecule has 0 unspecified atom stereocenters. The number of phenols is 1. The summed E-state index contributed by atoms with van der Waals surface area (Å²) < 4.78 is 0. The maximum atomic E-state index is 12.8. The third kappa shape index (κ3) is 4.35. The number of rotatable bonds is 4. The van der Waals surface area contributed by atoms with Crippen LogP contribution < -0.4 is 10.2 Å². The molecule has 0 aromatic heterocycles. The fourth-order valence-corrected chi connectivity index (χ4v) is 5.79. The van der Waals surface area contributed by atoms with Gasteiger partial charge < -0.3 is 20.2 Å². The number of aromatic hydroxyl groups is 1. The van der Waals surface area contributed by atoms with Gasteiger partial charge in [-0.05, 0) is 25.0 Å². The van der Waals surface area contributed by atoms with Gasteiger partial charge in [0.05, 0.1) is 0 Å². The summed E-state index contributed by atoms with van der Waals surface area (Å²) in [6.07, 6.45) is 4.98. The molecule has 3 fully saturated rings. The Labute approximate surface area is 172 Å². The number of hydrogen-bond acceptors (Lipinski definition) is 5. The Bertz CT molecular complexity index is 666. The van der Waals surface area contributed by atoms with Crippen molar-refractivity contribution >= 4 is 23.5 Å². The highest BCUT2D eigenvalue weighted by molar-refractivity contribution is 7.99. The molecule has 1 saturated carbocycles. The zero-order valence-corrected chi connectivity index (χ0v) is 17.4. The molecule has 2 heterocycles. The molecule has 4 rings (SSSR count). The van der Waals surface area contributed by atoms with E-state index in [1.165, 1.54) is 37.2 Å². The quantitative estimate of drug-likeness (QED) is 0.808. The molecule has 154 valence electrons. The first-order valence-electron chi connectivity index (χ1n) is 10.6. The topological polar surface area (TPSA) is 59.1 Å². The number of urea groups is 1. The lowest BCUT2D eigenvalue weighted by Gasteiger charge is -2.44. The molecule has 2 aliphatic heterocycles. The first-order valence-corrected chi connectivity index (χ1v) is 11.7. The molecule has 2 saturated heterocycles. The Balaban J connectivity index is 1.29. The predicted molar refractivity (Wildman–Crippen MR) is 115 cm³/mol. The number of carbonyl (C=O) groups is 1. The highest BCUT2D eigenvalue weighted by atomic mass is 32.2. The second kappa shape index (κ2) is 8.82. The smallest absolute Gasteiger partial charge is 0.317 e. The van der Waals surface area contributed by atoms with E-state index in [4.69, 9.17) is 0 Å². The summed E-state index contributed by atoms with van der Waals surface area (Å²) in [6.45, 7) is 6.12. The summed E-state index contributed by atoms with van der Waals surface area (Å²) in [4.78, 5) is 19.6. The number of nitrogens with one attached hydrogen (secondary N) is 1. The second-order valence-electron chi connectivity index (χ2n) is 8.18. The van der Waals surface area contributed by atoms with Crippen LogP contribution in [0.4, 0.5) is 10.5 Å². The predicted octanol–water partition coefficient (Wildman–Crippen LogP) is 2.59. The number of anilines is 1. The van der Waals surface area contributed by atoms with E-state index in [0.717, 1.165) is 51.5 Å². The normalized spacial score (nSPS) is 23.0. The highest BCUT2D eigenvalue weighted by Crippen LogP contribution is 2.36. The van der Waals surface area contributed by atoms with Crippen molar-refractivity contribution in [3.8, 4) is 5.75 Å². The molecule has 0 spiro atoms. The monoisotopic (exact) mass is 404 g/mol. The molecule has 6 nitrogen and oxygen atoms in total. The Kier molecular flexibility index (Phi) is 6.21. The van der Waals surface area contributed by atoms with Gasteiger partial charge in [-0.1, -0.05) is 18.9 Å². The SMILES string of the molecule is O=C(NCC1(N2CCSCC2)CCCC1)N1CCN(c2cccc(O)c2)CC1. The number of hydrogen-bond donors (Lipinski definition) is 2. The van der Waals surface area contributed by atoms with Gasteiger partial charge in [0.15, 0.2) is 0 Å². The molecule has 3 aliphatic rings. The molecule has 0 atom stereocenters. The lowest BCUT2D eigenvalue weighted by atomic mass is 9.94. The highest BCUT2D eigenvalue weighted by Gasteiger charge is 2.40. The van der Waals surface area contributed by atoms with Crippen molar-refractivity contribution < 1.29 is 9.90 Å². The summed E-state index contributed by atoms with van der Waals surface area (Å²) in [5, 5.41) is 13.0.